The van der Waals surface area contributed by atoms with Gasteiger partial charge in [-0.05, 0) is 53.5 Å². The zero-order chi connectivity index (χ0) is 26.7. The molecule has 1 fully saturated rings. The third kappa shape index (κ3) is 5.36. The number of nitrogens with one attached hydrogen (secondary N) is 1. The lowest BCUT2D eigenvalue weighted by molar-refractivity contribution is 0.181. The number of benzene rings is 3. The molecular formula is C34H40N2O2. The molecule has 198 valence electrons. The maximum atomic E-state index is 14.2. The highest BCUT2D eigenvalue weighted by molar-refractivity contribution is 5.91. The first-order chi connectivity index (χ1) is 18.4. The summed E-state index contributed by atoms with van der Waals surface area (Å²) < 4.78 is 6.45. The number of anilines is 1. The number of para-hydroxylation sites is 2. The highest BCUT2D eigenvalue weighted by Gasteiger charge is 2.41. The molecule has 2 amide bonds. The van der Waals surface area contributed by atoms with E-state index in [1.165, 1.54) is 11.1 Å². The zero-order valence-electron chi connectivity index (χ0n) is 23.2. The van der Waals surface area contributed by atoms with Gasteiger partial charge in [-0.25, -0.2) is 4.79 Å². The Bertz CT molecular complexity index is 1320. The molecule has 3 aromatic carbocycles. The molecule has 4 aromatic rings. The number of fused-ring (bicyclic) bond motifs is 1. The van der Waals surface area contributed by atoms with Crippen molar-refractivity contribution in [1.29, 1.82) is 0 Å². The first-order valence-corrected chi connectivity index (χ1v) is 14.1. The fraction of sp³-hybridized carbons (Fsp3) is 0.382. The van der Waals surface area contributed by atoms with Crippen molar-refractivity contribution in [2.75, 3.05) is 11.9 Å². The van der Waals surface area contributed by atoms with Gasteiger partial charge in [0.05, 0.1) is 0 Å². The number of urea groups is 1. The summed E-state index contributed by atoms with van der Waals surface area (Å²) in [5.41, 5.74) is 5.17. The van der Waals surface area contributed by atoms with Crippen LogP contribution in [0.5, 0.6) is 0 Å². The molecule has 5 rings (SSSR count). The van der Waals surface area contributed by atoms with E-state index < -0.39 is 0 Å². The van der Waals surface area contributed by atoms with Crippen molar-refractivity contribution in [2.45, 2.75) is 77.2 Å². The van der Waals surface area contributed by atoms with Crippen molar-refractivity contribution in [2.24, 2.45) is 0 Å². The summed E-state index contributed by atoms with van der Waals surface area (Å²) in [5, 5.41) is 4.51. The monoisotopic (exact) mass is 508 g/mol. The van der Waals surface area contributed by atoms with Gasteiger partial charge < -0.3 is 14.6 Å². The van der Waals surface area contributed by atoms with E-state index in [1.54, 1.807) is 0 Å². The molecule has 0 atom stereocenters. The summed E-state index contributed by atoms with van der Waals surface area (Å²) >= 11 is 0. The Balaban J connectivity index is 1.52. The van der Waals surface area contributed by atoms with Crippen molar-refractivity contribution >= 4 is 22.7 Å². The van der Waals surface area contributed by atoms with Crippen LogP contribution in [0.15, 0.2) is 83.3 Å². The van der Waals surface area contributed by atoms with E-state index in [1.807, 2.05) is 35.2 Å². The van der Waals surface area contributed by atoms with Crippen LogP contribution >= 0.6 is 0 Å². The van der Waals surface area contributed by atoms with Gasteiger partial charge in [0.25, 0.3) is 0 Å². The lowest BCUT2D eigenvalue weighted by atomic mass is 9.82. The fourth-order valence-electron chi connectivity index (χ4n) is 6.03. The van der Waals surface area contributed by atoms with E-state index in [4.69, 9.17) is 4.42 Å². The standard InChI is InChI=1S/C34H40N2O2/c1-24(2)28-16-12-17-29(25(3)4)32(28)35-33(37)36(22-26-13-6-5-7-14-26)23-34(19-10-11-20-34)31-21-27-15-8-9-18-30(27)38-31/h5-9,12-18,21,24-25H,10-11,19-20,22-23H2,1-4H3,(H,35,37). The number of hydrogen-bond donors (Lipinski definition) is 1. The second kappa shape index (κ2) is 11.1. The average Bonchev–Trinajstić information content (AvgIpc) is 3.57. The van der Waals surface area contributed by atoms with E-state index in [0.29, 0.717) is 24.9 Å². The fourth-order valence-corrected chi connectivity index (χ4v) is 6.03. The second-order valence-electron chi connectivity index (χ2n) is 11.5. The summed E-state index contributed by atoms with van der Waals surface area (Å²) in [5.74, 6) is 1.62. The van der Waals surface area contributed by atoms with Crippen molar-refractivity contribution in [1.82, 2.24) is 4.90 Å². The summed E-state index contributed by atoms with van der Waals surface area (Å²) in [6, 6.07) is 27.1. The predicted octanol–water partition coefficient (Wildman–Crippen LogP) is 9.23. The molecular weight excluding hydrogens is 468 g/mol. The van der Waals surface area contributed by atoms with E-state index in [2.05, 4.69) is 81.5 Å². The average molecular weight is 509 g/mol. The topological polar surface area (TPSA) is 45.5 Å². The molecule has 0 radical (unpaired) electrons. The molecule has 0 aliphatic heterocycles. The Morgan fingerprint density at radius 1 is 0.868 bits per heavy atom. The molecule has 0 bridgehead atoms. The molecule has 1 aliphatic carbocycles. The summed E-state index contributed by atoms with van der Waals surface area (Å²) in [6.07, 6.45) is 4.33. The quantitative estimate of drug-likeness (QED) is 0.258. The summed E-state index contributed by atoms with van der Waals surface area (Å²) in [6.45, 7) is 9.92. The van der Waals surface area contributed by atoms with Crippen LogP contribution in [0.25, 0.3) is 11.0 Å². The molecule has 1 aliphatic rings. The lowest BCUT2D eigenvalue weighted by Gasteiger charge is -2.35. The number of nitrogens with zero attached hydrogens (tertiary/aromatic N) is 1. The largest absolute Gasteiger partial charge is 0.460 e. The Morgan fingerprint density at radius 3 is 2.13 bits per heavy atom. The van der Waals surface area contributed by atoms with Crippen LogP contribution in [0.2, 0.25) is 0 Å². The second-order valence-corrected chi connectivity index (χ2v) is 11.5. The minimum Gasteiger partial charge on any atom is -0.460 e. The van der Waals surface area contributed by atoms with E-state index in [9.17, 15) is 4.79 Å². The molecule has 1 aromatic heterocycles. The number of rotatable bonds is 8. The maximum Gasteiger partial charge on any atom is 0.322 e. The van der Waals surface area contributed by atoms with Crippen LogP contribution in [0, 0.1) is 0 Å². The zero-order valence-corrected chi connectivity index (χ0v) is 23.2. The SMILES string of the molecule is CC(C)c1cccc(C(C)C)c1NC(=O)N(Cc1ccccc1)CC1(c2cc3ccccc3o2)CCCC1. The number of carbonyl (C=O) groups is 1. The van der Waals surface area contributed by atoms with Crippen LogP contribution < -0.4 is 5.32 Å². The molecule has 4 heteroatoms. The smallest absolute Gasteiger partial charge is 0.322 e. The van der Waals surface area contributed by atoms with Crippen LogP contribution in [0.1, 0.15) is 87.7 Å². The van der Waals surface area contributed by atoms with E-state index in [0.717, 1.165) is 53.7 Å². The Morgan fingerprint density at radius 2 is 1.50 bits per heavy atom. The Kier molecular flexibility index (Phi) is 7.60. The van der Waals surface area contributed by atoms with Gasteiger partial charge in [0, 0.05) is 29.6 Å². The minimum absolute atomic E-state index is 0.0498. The lowest BCUT2D eigenvalue weighted by Crippen LogP contribution is -2.44. The highest BCUT2D eigenvalue weighted by Crippen LogP contribution is 2.44. The van der Waals surface area contributed by atoms with E-state index in [-0.39, 0.29) is 11.4 Å². The van der Waals surface area contributed by atoms with Gasteiger partial charge in [-0.15, -0.1) is 0 Å². The van der Waals surface area contributed by atoms with Gasteiger partial charge in [0.1, 0.15) is 11.3 Å². The molecule has 38 heavy (non-hydrogen) atoms. The first kappa shape index (κ1) is 26.1. The van der Waals surface area contributed by atoms with Crippen LogP contribution in [0.3, 0.4) is 0 Å². The molecule has 4 nitrogen and oxygen atoms in total. The van der Waals surface area contributed by atoms with Gasteiger partial charge in [-0.3, -0.25) is 0 Å². The Labute approximate surface area is 227 Å². The Hall–Kier alpha value is -3.53. The predicted molar refractivity (Wildman–Crippen MR) is 157 cm³/mol. The van der Waals surface area contributed by atoms with Crippen molar-refractivity contribution < 1.29 is 9.21 Å². The minimum atomic E-state index is -0.191. The number of furan rings is 1. The van der Waals surface area contributed by atoms with Gasteiger partial charge >= 0.3 is 6.03 Å². The van der Waals surface area contributed by atoms with Crippen LogP contribution in [-0.4, -0.2) is 17.5 Å². The third-order valence-corrected chi connectivity index (χ3v) is 8.11. The molecule has 1 heterocycles. The molecule has 0 spiro atoms. The third-order valence-electron chi connectivity index (χ3n) is 8.11. The summed E-state index contributed by atoms with van der Waals surface area (Å²) in [4.78, 5) is 16.2. The van der Waals surface area contributed by atoms with Gasteiger partial charge in [-0.2, -0.15) is 0 Å². The molecule has 1 N–H and O–H groups in total. The van der Waals surface area contributed by atoms with Gasteiger partial charge in [0.15, 0.2) is 0 Å². The van der Waals surface area contributed by atoms with Crippen molar-refractivity contribution in [3.05, 3.63) is 101 Å². The van der Waals surface area contributed by atoms with Gasteiger partial charge in [-0.1, -0.05) is 107 Å². The normalized spacial score (nSPS) is 14.9. The number of carbonyl (C=O) groups excluding carboxylic acids is 1. The molecule has 0 saturated heterocycles. The van der Waals surface area contributed by atoms with Crippen molar-refractivity contribution in [3.8, 4) is 0 Å². The van der Waals surface area contributed by atoms with Crippen LogP contribution in [0.4, 0.5) is 10.5 Å². The van der Waals surface area contributed by atoms with Gasteiger partial charge in [0.2, 0.25) is 0 Å². The first-order valence-electron chi connectivity index (χ1n) is 14.1. The van der Waals surface area contributed by atoms with E-state index >= 15 is 0 Å². The number of amides is 2. The number of hydrogen-bond acceptors (Lipinski definition) is 2. The maximum absolute atomic E-state index is 14.2. The highest BCUT2D eigenvalue weighted by atomic mass is 16.3. The molecule has 0 unspecified atom stereocenters. The molecule has 1 saturated carbocycles. The van der Waals surface area contributed by atoms with Crippen molar-refractivity contribution in [3.63, 3.8) is 0 Å². The summed E-state index contributed by atoms with van der Waals surface area (Å²) in [7, 11) is 0. The van der Waals surface area contributed by atoms with Crippen LogP contribution in [-0.2, 0) is 12.0 Å².